The summed E-state index contributed by atoms with van der Waals surface area (Å²) in [6, 6.07) is 14.1. The summed E-state index contributed by atoms with van der Waals surface area (Å²) >= 11 is 0. The Kier molecular flexibility index (Phi) is 9.11. The minimum Gasteiger partial charge on any atom is -0.497 e. The molecule has 0 atom stereocenters. The molecule has 29 heavy (non-hydrogen) atoms. The molecule has 156 valence electrons. The van der Waals surface area contributed by atoms with Crippen molar-refractivity contribution in [3.8, 4) is 11.5 Å². The third-order valence-electron chi connectivity index (χ3n) is 4.61. The monoisotopic (exact) mass is 508 g/mol. The lowest BCUT2D eigenvalue weighted by Gasteiger charge is -2.12. The van der Waals surface area contributed by atoms with Gasteiger partial charge in [-0.15, -0.1) is 24.0 Å². The Morgan fingerprint density at radius 3 is 2.62 bits per heavy atom. The van der Waals surface area contributed by atoms with Gasteiger partial charge in [0.2, 0.25) is 0 Å². The fourth-order valence-corrected chi connectivity index (χ4v) is 3.14. The molecule has 0 aliphatic heterocycles. The Labute approximate surface area is 189 Å². The Morgan fingerprint density at radius 1 is 1.03 bits per heavy atom. The summed E-state index contributed by atoms with van der Waals surface area (Å²) in [7, 11) is 3.31. The molecule has 0 spiro atoms. The number of rotatable bonds is 8. The second-order valence-electron chi connectivity index (χ2n) is 6.41. The number of nitrogens with zero attached hydrogens (tertiary/aromatic N) is 1. The maximum absolute atomic E-state index is 5.46. The van der Waals surface area contributed by atoms with Crippen molar-refractivity contribution in [1.82, 2.24) is 15.6 Å². The molecule has 0 aliphatic rings. The number of nitrogens with one attached hydrogen (secondary N) is 3. The Morgan fingerprint density at radius 2 is 1.86 bits per heavy atom. The lowest BCUT2D eigenvalue weighted by Crippen LogP contribution is -2.38. The molecule has 2 aromatic carbocycles. The van der Waals surface area contributed by atoms with Crippen molar-refractivity contribution in [1.29, 1.82) is 0 Å². The van der Waals surface area contributed by atoms with Gasteiger partial charge < -0.3 is 25.1 Å². The summed E-state index contributed by atoms with van der Waals surface area (Å²) in [6.07, 6.45) is 3.00. The molecule has 0 fully saturated rings. The van der Waals surface area contributed by atoms with Gasteiger partial charge in [0.05, 0.1) is 20.8 Å². The van der Waals surface area contributed by atoms with Crippen LogP contribution in [0.1, 0.15) is 18.1 Å². The summed E-state index contributed by atoms with van der Waals surface area (Å²) < 4.78 is 10.7. The van der Waals surface area contributed by atoms with Gasteiger partial charge in [-0.1, -0.05) is 18.2 Å². The normalized spacial score (nSPS) is 11.1. The van der Waals surface area contributed by atoms with Crippen LogP contribution >= 0.6 is 24.0 Å². The molecule has 7 heteroatoms. The zero-order valence-corrected chi connectivity index (χ0v) is 19.4. The van der Waals surface area contributed by atoms with E-state index in [0.29, 0.717) is 6.54 Å². The van der Waals surface area contributed by atoms with Crippen LogP contribution in [-0.4, -0.2) is 38.3 Å². The zero-order valence-electron chi connectivity index (χ0n) is 17.1. The smallest absolute Gasteiger partial charge is 0.191 e. The van der Waals surface area contributed by atoms with Gasteiger partial charge in [-0.25, -0.2) is 4.99 Å². The average Bonchev–Trinajstić information content (AvgIpc) is 3.15. The van der Waals surface area contributed by atoms with Gasteiger partial charge in [-0.05, 0) is 37.1 Å². The van der Waals surface area contributed by atoms with Gasteiger partial charge in [0.1, 0.15) is 11.5 Å². The molecule has 0 unspecified atom stereocenters. The highest BCUT2D eigenvalue weighted by Crippen LogP contribution is 2.25. The van der Waals surface area contributed by atoms with E-state index in [2.05, 4.69) is 46.9 Å². The van der Waals surface area contributed by atoms with Crippen molar-refractivity contribution in [2.45, 2.75) is 19.9 Å². The second kappa shape index (κ2) is 11.5. The molecule has 0 amide bonds. The third-order valence-corrected chi connectivity index (χ3v) is 4.61. The Hall–Kier alpha value is -2.42. The number of H-pyrrole nitrogens is 1. The van der Waals surface area contributed by atoms with Crippen molar-refractivity contribution in [3.63, 3.8) is 0 Å². The number of aromatic nitrogens is 1. The van der Waals surface area contributed by atoms with E-state index >= 15 is 0 Å². The average molecular weight is 508 g/mol. The molecule has 1 aromatic heterocycles. The van der Waals surface area contributed by atoms with Crippen LogP contribution in [0.2, 0.25) is 0 Å². The molecular weight excluding hydrogens is 479 g/mol. The maximum Gasteiger partial charge on any atom is 0.191 e. The SMILES string of the molecule is CCNC(=NCc1ccc(OC)cc1OC)NCCc1c[nH]c2ccccc12.I. The van der Waals surface area contributed by atoms with Gasteiger partial charge in [0.15, 0.2) is 5.96 Å². The molecular formula is C22H29IN4O2. The van der Waals surface area contributed by atoms with E-state index in [4.69, 9.17) is 14.5 Å². The van der Waals surface area contributed by atoms with Crippen LogP contribution in [0.25, 0.3) is 10.9 Å². The molecule has 0 saturated heterocycles. The maximum atomic E-state index is 5.46. The molecule has 0 aliphatic carbocycles. The van der Waals surface area contributed by atoms with Crippen molar-refractivity contribution in [3.05, 3.63) is 59.8 Å². The van der Waals surface area contributed by atoms with Gasteiger partial charge in [0, 0.05) is 41.8 Å². The number of fused-ring (bicyclic) bond motifs is 1. The van der Waals surface area contributed by atoms with Crippen LogP contribution < -0.4 is 20.1 Å². The van der Waals surface area contributed by atoms with E-state index in [1.807, 2.05) is 24.3 Å². The minimum atomic E-state index is 0. The van der Waals surface area contributed by atoms with Crippen molar-refractivity contribution in [2.75, 3.05) is 27.3 Å². The Bertz CT molecular complexity index is 939. The lowest BCUT2D eigenvalue weighted by atomic mass is 10.1. The van der Waals surface area contributed by atoms with Gasteiger partial charge >= 0.3 is 0 Å². The van der Waals surface area contributed by atoms with Crippen molar-refractivity contribution >= 4 is 40.8 Å². The van der Waals surface area contributed by atoms with E-state index in [9.17, 15) is 0 Å². The highest BCUT2D eigenvalue weighted by Gasteiger charge is 2.06. The second-order valence-corrected chi connectivity index (χ2v) is 6.41. The Balaban J connectivity index is 0.00000300. The molecule has 3 rings (SSSR count). The van der Waals surface area contributed by atoms with Gasteiger partial charge in [0.25, 0.3) is 0 Å². The highest BCUT2D eigenvalue weighted by molar-refractivity contribution is 14.0. The van der Waals surface area contributed by atoms with Crippen LogP contribution in [0.5, 0.6) is 11.5 Å². The predicted molar refractivity (Wildman–Crippen MR) is 130 cm³/mol. The van der Waals surface area contributed by atoms with E-state index in [-0.39, 0.29) is 24.0 Å². The largest absolute Gasteiger partial charge is 0.497 e. The summed E-state index contributed by atoms with van der Waals surface area (Å²) in [6.45, 7) is 4.19. The molecule has 0 saturated carbocycles. The lowest BCUT2D eigenvalue weighted by molar-refractivity contribution is 0.391. The number of hydrogen-bond donors (Lipinski definition) is 3. The molecule has 3 aromatic rings. The quantitative estimate of drug-likeness (QED) is 0.244. The molecule has 3 N–H and O–H groups in total. The summed E-state index contributed by atoms with van der Waals surface area (Å²) in [5.74, 6) is 2.34. The summed E-state index contributed by atoms with van der Waals surface area (Å²) in [5, 5.41) is 7.98. The first-order valence-electron chi connectivity index (χ1n) is 9.53. The fourth-order valence-electron chi connectivity index (χ4n) is 3.14. The topological polar surface area (TPSA) is 70.7 Å². The van der Waals surface area contributed by atoms with Gasteiger partial charge in [-0.2, -0.15) is 0 Å². The molecule has 0 radical (unpaired) electrons. The number of methoxy groups -OCH3 is 2. The van der Waals surface area contributed by atoms with E-state index < -0.39 is 0 Å². The minimum absolute atomic E-state index is 0. The fraction of sp³-hybridized carbons (Fsp3) is 0.318. The number of hydrogen-bond acceptors (Lipinski definition) is 3. The summed E-state index contributed by atoms with van der Waals surface area (Å²) in [4.78, 5) is 8.02. The standard InChI is InChI=1S/C22H28N4O2.HI/c1-4-23-22(26-15-17-9-10-18(27-2)13-21(17)28-3)24-12-11-16-14-25-20-8-6-5-7-19(16)20;/h5-10,13-14,25H,4,11-12,15H2,1-3H3,(H2,23,24,26);1H. The van der Waals surface area contributed by atoms with E-state index in [1.54, 1.807) is 14.2 Å². The third kappa shape index (κ3) is 6.03. The number of aromatic amines is 1. The number of aliphatic imine (C=N–C) groups is 1. The molecule has 1 heterocycles. The number of ether oxygens (including phenoxy) is 2. The predicted octanol–water partition coefficient (Wildman–Crippen LogP) is 4.10. The number of guanidine groups is 1. The number of benzene rings is 2. The highest BCUT2D eigenvalue weighted by atomic mass is 127. The van der Waals surface area contributed by atoms with Crippen LogP contribution in [0.4, 0.5) is 0 Å². The van der Waals surface area contributed by atoms with E-state index in [0.717, 1.165) is 42.5 Å². The first-order valence-corrected chi connectivity index (χ1v) is 9.53. The van der Waals surface area contributed by atoms with Gasteiger partial charge in [-0.3, -0.25) is 0 Å². The number of para-hydroxylation sites is 1. The van der Waals surface area contributed by atoms with Crippen LogP contribution in [0, 0.1) is 0 Å². The van der Waals surface area contributed by atoms with Crippen LogP contribution in [0.15, 0.2) is 53.7 Å². The van der Waals surface area contributed by atoms with Crippen molar-refractivity contribution in [2.24, 2.45) is 4.99 Å². The first-order chi connectivity index (χ1) is 13.7. The molecule has 6 nitrogen and oxygen atoms in total. The zero-order chi connectivity index (χ0) is 19.8. The molecule has 0 bridgehead atoms. The first kappa shape index (κ1) is 22.9. The van der Waals surface area contributed by atoms with Crippen LogP contribution in [0.3, 0.4) is 0 Å². The number of halogens is 1. The van der Waals surface area contributed by atoms with E-state index in [1.165, 1.54) is 16.5 Å². The van der Waals surface area contributed by atoms with Crippen LogP contribution in [-0.2, 0) is 13.0 Å². The summed E-state index contributed by atoms with van der Waals surface area (Å²) in [5.41, 5.74) is 3.48. The van der Waals surface area contributed by atoms with Crippen molar-refractivity contribution < 1.29 is 9.47 Å².